The number of benzene rings is 2. The second-order valence-corrected chi connectivity index (χ2v) is 8.04. The number of rotatable bonds is 6. The van der Waals surface area contributed by atoms with E-state index in [-0.39, 0.29) is 28.8 Å². The number of anilines is 2. The maximum absolute atomic E-state index is 13.1. The molecule has 164 valence electrons. The third-order valence-electron chi connectivity index (χ3n) is 4.87. The van der Waals surface area contributed by atoms with E-state index < -0.39 is 23.3 Å². The summed E-state index contributed by atoms with van der Waals surface area (Å²) in [5.41, 5.74) is 0.938. The Morgan fingerprint density at radius 1 is 1.25 bits per heavy atom. The number of methoxy groups -OCH3 is 1. The number of nitrogens with zero attached hydrogens (tertiary/aromatic N) is 1. The lowest BCUT2D eigenvalue weighted by Gasteiger charge is -2.23. The van der Waals surface area contributed by atoms with E-state index in [1.54, 1.807) is 36.4 Å². The van der Waals surface area contributed by atoms with Crippen LogP contribution < -0.4 is 20.9 Å². The van der Waals surface area contributed by atoms with E-state index in [0.29, 0.717) is 17.2 Å². The molecule has 0 saturated heterocycles. The van der Waals surface area contributed by atoms with Crippen LogP contribution >= 0.6 is 11.8 Å². The summed E-state index contributed by atoms with van der Waals surface area (Å²) < 4.78 is 18.2. The van der Waals surface area contributed by atoms with E-state index in [0.717, 1.165) is 5.56 Å². The predicted octanol–water partition coefficient (Wildman–Crippen LogP) is 3.27. The lowest BCUT2D eigenvalue weighted by atomic mass is 9.92. The van der Waals surface area contributed by atoms with Crippen LogP contribution in [0.3, 0.4) is 0 Å². The minimum absolute atomic E-state index is 0.0670. The molecule has 0 saturated carbocycles. The normalized spacial score (nSPS) is 14.9. The second-order valence-electron chi connectivity index (χ2n) is 7.07. The fourth-order valence-corrected chi connectivity index (χ4v) is 4.12. The van der Waals surface area contributed by atoms with E-state index in [2.05, 4.69) is 20.6 Å². The topological polar surface area (TPSA) is 113 Å². The fourth-order valence-electron chi connectivity index (χ4n) is 3.31. The van der Waals surface area contributed by atoms with Gasteiger partial charge in [-0.05, 0) is 29.8 Å². The lowest BCUT2D eigenvalue weighted by Crippen LogP contribution is -2.36. The Hall–Kier alpha value is -3.66. The van der Waals surface area contributed by atoms with Crippen LogP contribution in [0, 0.1) is 5.82 Å². The number of carbonyl (C=O) groups excluding carboxylic acids is 2. The molecule has 1 aromatic heterocycles. The van der Waals surface area contributed by atoms with Crippen LogP contribution in [0.15, 0.2) is 58.5 Å². The van der Waals surface area contributed by atoms with Crippen LogP contribution in [-0.4, -0.2) is 28.9 Å². The Labute approximate surface area is 186 Å². The summed E-state index contributed by atoms with van der Waals surface area (Å²) in [6, 6.07) is 12.8. The number of fused-ring (bicyclic) bond motifs is 1. The van der Waals surface area contributed by atoms with Crippen molar-refractivity contribution in [3.63, 3.8) is 0 Å². The average Bonchev–Trinajstić information content (AvgIpc) is 2.78. The zero-order chi connectivity index (χ0) is 22.7. The summed E-state index contributed by atoms with van der Waals surface area (Å²) in [4.78, 5) is 44.9. The Balaban J connectivity index is 1.56. The highest BCUT2D eigenvalue weighted by molar-refractivity contribution is 7.98. The van der Waals surface area contributed by atoms with Crippen LogP contribution in [0.4, 0.5) is 15.9 Å². The number of aromatic nitrogens is 2. The molecule has 4 rings (SSSR count). The summed E-state index contributed by atoms with van der Waals surface area (Å²) >= 11 is 1.23. The van der Waals surface area contributed by atoms with Gasteiger partial charge < -0.3 is 20.4 Å². The van der Waals surface area contributed by atoms with Crippen LogP contribution in [0.1, 0.15) is 23.5 Å². The second kappa shape index (κ2) is 9.23. The van der Waals surface area contributed by atoms with Gasteiger partial charge in [0.05, 0.1) is 18.6 Å². The van der Waals surface area contributed by atoms with Gasteiger partial charge in [-0.3, -0.25) is 14.4 Å². The molecule has 2 heterocycles. The van der Waals surface area contributed by atoms with Gasteiger partial charge in [-0.25, -0.2) is 9.37 Å². The number of H-pyrrole nitrogens is 1. The highest BCUT2D eigenvalue weighted by atomic mass is 32.2. The van der Waals surface area contributed by atoms with Crippen molar-refractivity contribution in [1.82, 2.24) is 9.97 Å². The van der Waals surface area contributed by atoms with E-state index >= 15 is 0 Å². The zero-order valence-corrected chi connectivity index (χ0v) is 17.8. The molecule has 0 fully saturated rings. The van der Waals surface area contributed by atoms with Crippen molar-refractivity contribution < 1.29 is 18.7 Å². The largest absolute Gasteiger partial charge is 0.497 e. The summed E-state index contributed by atoms with van der Waals surface area (Å²) in [7, 11) is 1.51. The molecule has 3 aromatic rings. The first-order chi connectivity index (χ1) is 15.4. The van der Waals surface area contributed by atoms with E-state index in [9.17, 15) is 18.8 Å². The molecule has 1 atom stereocenters. The van der Waals surface area contributed by atoms with Crippen molar-refractivity contribution in [3.05, 3.63) is 75.8 Å². The van der Waals surface area contributed by atoms with Gasteiger partial charge in [-0.2, -0.15) is 0 Å². The van der Waals surface area contributed by atoms with Gasteiger partial charge in [-0.1, -0.05) is 30.0 Å². The first kappa shape index (κ1) is 21.6. The van der Waals surface area contributed by atoms with Gasteiger partial charge in [0.25, 0.3) is 5.56 Å². The van der Waals surface area contributed by atoms with Gasteiger partial charge in [-0.15, -0.1) is 0 Å². The molecule has 0 radical (unpaired) electrons. The summed E-state index contributed by atoms with van der Waals surface area (Å²) in [6.45, 7) is 0. The van der Waals surface area contributed by atoms with Crippen molar-refractivity contribution in [1.29, 1.82) is 0 Å². The van der Waals surface area contributed by atoms with Crippen molar-refractivity contribution in [2.75, 3.05) is 17.7 Å². The van der Waals surface area contributed by atoms with Crippen LogP contribution in [0.5, 0.6) is 5.75 Å². The molecule has 0 unspecified atom stereocenters. The molecule has 0 bridgehead atoms. The third kappa shape index (κ3) is 4.80. The standard InChI is InChI=1S/C22H19FN4O4S/c1-31-15-4-2-3-14(9-15)24-20(29)16-10-17(28)25-19-18(16)21(30)27-22(26-19)32-11-12-5-7-13(23)8-6-12/h2-9,16H,10-11H2,1H3,(H,24,29)(H2,25,26,27,28,30)/t16-/m0/s1. The number of amides is 2. The predicted molar refractivity (Wildman–Crippen MR) is 118 cm³/mol. The van der Waals surface area contributed by atoms with Crippen LogP contribution in [0.25, 0.3) is 0 Å². The number of halogens is 1. The number of nitrogens with one attached hydrogen (secondary N) is 3. The smallest absolute Gasteiger partial charge is 0.257 e. The lowest BCUT2D eigenvalue weighted by molar-refractivity contribution is -0.123. The molecule has 1 aliphatic heterocycles. The molecule has 8 nitrogen and oxygen atoms in total. The highest BCUT2D eigenvalue weighted by Gasteiger charge is 2.34. The number of thioether (sulfide) groups is 1. The van der Waals surface area contributed by atoms with Crippen molar-refractivity contribution in [3.8, 4) is 5.75 Å². The van der Waals surface area contributed by atoms with Crippen molar-refractivity contribution >= 4 is 35.1 Å². The number of hydrogen-bond acceptors (Lipinski definition) is 6. The summed E-state index contributed by atoms with van der Waals surface area (Å²) in [5.74, 6) is -1.15. The van der Waals surface area contributed by atoms with E-state index in [1.165, 1.54) is 31.0 Å². The van der Waals surface area contributed by atoms with Crippen LogP contribution in [0.2, 0.25) is 0 Å². The van der Waals surface area contributed by atoms with E-state index in [4.69, 9.17) is 4.74 Å². The molecule has 3 N–H and O–H groups in total. The number of carbonyl (C=O) groups is 2. The number of ether oxygens (including phenoxy) is 1. The quantitative estimate of drug-likeness (QED) is 0.389. The number of hydrogen-bond donors (Lipinski definition) is 3. The minimum Gasteiger partial charge on any atom is -0.497 e. The molecule has 2 amide bonds. The number of aromatic amines is 1. The van der Waals surface area contributed by atoms with Gasteiger partial charge in [0, 0.05) is 23.9 Å². The molecule has 2 aromatic carbocycles. The zero-order valence-electron chi connectivity index (χ0n) is 17.0. The molecular weight excluding hydrogens is 435 g/mol. The first-order valence-corrected chi connectivity index (χ1v) is 10.7. The molecule has 32 heavy (non-hydrogen) atoms. The maximum atomic E-state index is 13.1. The average molecular weight is 454 g/mol. The van der Waals surface area contributed by atoms with Gasteiger partial charge >= 0.3 is 0 Å². The SMILES string of the molecule is COc1cccc(NC(=O)[C@H]2CC(=O)Nc3nc(SCc4ccc(F)cc4)[nH]c(=O)c32)c1. The molecular formula is C22H19FN4O4S. The Bertz CT molecular complexity index is 1230. The Morgan fingerprint density at radius 2 is 2.03 bits per heavy atom. The molecule has 0 aliphatic carbocycles. The maximum Gasteiger partial charge on any atom is 0.257 e. The summed E-state index contributed by atoms with van der Waals surface area (Å²) in [6.07, 6.45) is -0.171. The van der Waals surface area contributed by atoms with Gasteiger partial charge in [0.2, 0.25) is 11.8 Å². The molecule has 10 heteroatoms. The third-order valence-corrected chi connectivity index (χ3v) is 5.82. The van der Waals surface area contributed by atoms with Crippen molar-refractivity contribution in [2.24, 2.45) is 0 Å². The highest BCUT2D eigenvalue weighted by Crippen LogP contribution is 2.31. The van der Waals surface area contributed by atoms with Gasteiger partial charge in [0.15, 0.2) is 5.16 Å². The van der Waals surface area contributed by atoms with E-state index in [1.807, 2.05) is 0 Å². The Morgan fingerprint density at radius 3 is 2.78 bits per heavy atom. The Kier molecular flexibility index (Phi) is 6.22. The summed E-state index contributed by atoms with van der Waals surface area (Å²) in [5, 5.41) is 5.59. The fraction of sp³-hybridized carbons (Fsp3) is 0.182. The van der Waals surface area contributed by atoms with Gasteiger partial charge in [0.1, 0.15) is 17.4 Å². The van der Waals surface area contributed by atoms with Crippen LogP contribution in [-0.2, 0) is 15.3 Å². The first-order valence-electron chi connectivity index (χ1n) is 9.69. The molecule has 0 spiro atoms. The monoisotopic (exact) mass is 454 g/mol. The minimum atomic E-state index is -0.989. The van der Waals surface area contributed by atoms with Crippen molar-refractivity contribution in [2.45, 2.75) is 23.2 Å². The molecule has 1 aliphatic rings.